The smallest absolute Gasteiger partial charge is 0.254 e. The standard InChI is InChI=1S/C23H28N2O4/c1-15-9-16(2)11-19(10-15)24-22(26)17-5-7-25(8-6-17)23(27)18-12-20(28-3)14-21(13-18)29-4/h9-14,17H,5-8H2,1-4H3,(H,24,26). The van der Waals surface area contributed by atoms with E-state index in [2.05, 4.69) is 11.4 Å². The molecule has 0 aromatic heterocycles. The Bertz CT molecular complexity index is 859. The zero-order chi connectivity index (χ0) is 21.0. The van der Waals surface area contributed by atoms with Crippen LogP contribution < -0.4 is 14.8 Å². The van der Waals surface area contributed by atoms with Gasteiger partial charge in [0.15, 0.2) is 0 Å². The van der Waals surface area contributed by atoms with Gasteiger partial charge in [-0.25, -0.2) is 0 Å². The average Bonchev–Trinajstić information content (AvgIpc) is 2.72. The van der Waals surface area contributed by atoms with Crippen molar-refractivity contribution in [3.05, 3.63) is 53.1 Å². The molecule has 0 bridgehead atoms. The van der Waals surface area contributed by atoms with Crippen molar-refractivity contribution in [2.45, 2.75) is 26.7 Å². The average molecular weight is 396 g/mol. The summed E-state index contributed by atoms with van der Waals surface area (Å²) in [5.41, 5.74) is 3.60. The van der Waals surface area contributed by atoms with Crippen LogP contribution in [0.5, 0.6) is 11.5 Å². The van der Waals surface area contributed by atoms with E-state index in [9.17, 15) is 9.59 Å². The van der Waals surface area contributed by atoms with Crippen LogP contribution in [0.15, 0.2) is 36.4 Å². The van der Waals surface area contributed by atoms with Gasteiger partial charge in [0.05, 0.1) is 14.2 Å². The molecule has 0 unspecified atom stereocenters. The first-order valence-corrected chi connectivity index (χ1v) is 9.81. The first-order chi connectivity index (χ1) is 13.9. The number of piperidine rings is 1. The number of benzene rings is 2. The Morgan fingerprint density at radius 1 is 0.897 bits per heavy atom. The molecular formula is C23H28N2O4. The van der Waals surface area contributed by atoms with Gasteiger partial charge in [0.2, 0.25) is 5.91 Å². The second-order valence-electron chi connectivity index (χ2n) is 7.53. The lowest BCUT2D eigenvalue weighted by Crippen LogP contribution is -2.41. The highest BCUT2D eigenvalue weighted by Crippen LogP contribution is 2.26. The maximum Gasteiger partial charge on any atom is 0.254 e. The second-order valence-corrected chi connectivity index (χ2v) is 7.53. The first kappa shape index (κ1) is 20.7. The van der Waals surface area contributed by atoms with Crippen LogP contribution in [0.3, 0.4) is 0 Å². The summed E-state index contributed by atoms with van der Waals surface area (Å²) in [4.78, 5) is 27.3. The van der Waals surface area contributed by atoms with Gasteiger partial charge in [0.25, 0.3) is 5.91 Å². The van der Waals surface area contributed by atoms with Gasteiger partial charge >= 0.3 is 0 Å². The van der Waals surface area contributed by atoms with Gasteiger partial charge in [-0.15, -0.1) is 0 Å². The van der Waals surface area contributed by atoms with Crippen molar-refractivity contribution in [1.82, 2.24) is 4.90 Å². The molecule has 6 nitrogen and oxygen atoms in total. The summed E-state index contributed by atoms with van der Waals surface area (Å²) in [5.74, 6) is 1.01. The van der Waals surface area contributed by atoms with Gasteiger partial charge in [0, 0.05) is 36.3 Å². The number of rotatable bonds is 5. The minimum atomic E-state index is -0.0975. The van der Waals surface area contributed by atoms with Crippen molar-refractivity contribution in [2.24, 2.45) is 5.92 Å². The Kier molecular flexibility index (Phi) is 6.42. The summed E-state index contributed by atoms with van der Waals surface area (Å²) in [6.45, 7) is 5.12. The number of anilines is 1. The second kappa shape index (κ2) is 8.99. The van der Waals surface area contributed by atoms with E-state index in [1.807, 2.05) is 26.0 Å². The molecule has 2 aromatic rings. The van der Waals surface area contributed by atoms with Gasteiger partial charge in [-0.3, -0.25) is 9.59 Å². The van der Waals surface area contributed by atoms with Gasteiger partial charge in [-0.05, 0) is 62.1 Å². The lowest BCUT2D eigenvalue weighted by molar-refractivity contribution is -0.121. The Morgan fingerprint density at radius 2 is 1.45 bits per heavy atom. The molecule has 1 fully saturated rings. The fourth-order valence-electron chi connectivity index (χ4n) is 3.75. The third-order valence-electron chi connectivity index (χ3n) is 5.24. The van der Waals surface area contributed by atoms with Crippen LogP contribution in [0.1, 0.15) is 34.3 Å². The van der Waals surface area contributed by atoms with E-state index in [-0.39, 0.29) is 17.7 Å². The van der Waals surface area contributed by atoms with Crippen molar-refractivity contribution in [3.63, 3.8) is 0 Å². The van der Waals surface area contributed by atoms with Crippen LogP contribution in [-0.4, -0.2) is 44.0 Å². The predicted molar refractivity (Wildman–Crippen MR) is 113 cm³/mol. The molecule has 3 rings (SSSR count). The van der Waals surface area contributed by atoms with Crippen LogP contribution in [-0.2, 0) is 4.79 Å². The zero-order valence-corrected chi connectivity index (χ0v) is 17.5. The third-order valence-corrected chi connectivity index (χ3v) is 5.24. The number of ether oxygens (including phenoxy) is 2. The topological polar surface area (TPSA) is 67.9 Å². The molecule has 0 spiro atoms. The van der Waals surface area contributed by atoms with Crippen LogP contribution >= 0.6 is 0 Å². The molecule has 0 saturated carbocycles. The molecule has 29 heavy (non-hydrogen) atoms. The number of amides is 2. The lowest BCUT2D eigenvalue weighted by atomic mass is 9.95. The van der Waals surface area contributed by atoms with Gasteiger partial charge < -0.3 is 19.7 Å². The maximum absolute atomic E-state index is 12.9. The molecule has 0 aliphatic carbocycles. The Hall–Kier alpha value is -3.02. The van der Waals surface area contributed by atoms with Crippen LogP contribution in [0.25, 0.3) is 0 Å². The van der Waals surface area contributed by atoms with E-state index in [1.165, 1.54) is 0 Å². The number of nitrogens with one attached hydrogen (secondary N) is 1. The highest BCUT2D eigenvalue weighted by atomic mass is 16.5. The van der Waals surface area contributed by atoms with Crippen LogP contribution in [0.4, 0.5) is 5.69 Å². The fraction of sp³-hybridized carbons (Fsp3) is 0.391. The zero-order valence-electron chi connectivity index (χ0n) is 17.5. The Morgan fingerprint density at radius 3 is 1.97 bits per heavy atom. The highest BCUT2D eigenvalue weighted by Gasteiger charge is 2.28. The molecule has 1 aliphatic rings. The van der Waals surface area contributed by atoms with Crippen molar-refractivity contribution >= 4 is 17.5 Å². The largest absolute Gasteiger partial charge is 0.497 e. The van der Waals surface area contributed by atoms with E-state index in [1.54, 1.807) is 37.3 Å². The minimum absolute atomic E-state index is 0.0187. The lowest BCUT2D eigenvalue weighted by Gasteiger charge is -2.31. The fourth-order valence-corrected chi connectivity index (χ4v) is 3.75. The molecule has 0 atom stereocenters. The number of hydrogen-bond acceptors (Lipinski definition) is 4. The normalized spacial score (nSPS) is 14.4. The number of likely N-dealkylation sites (tertiary alicyclic amines) is 1. The van der Waals surface area contributed by atoms with E-state index in [0.29, 0.717) is 43.0 Å². The molecule has 2 amide bonds. The molecule has 0 radical (unpaired) electrons. The summed E-state index contributed by atoms with van der Waals surface area (Å²) in [5, 5.41) is 3.02. The van der Waals surface area contributed by atoms with Gasteiger partial charge in [-0.2, -0.15) is 0 Å². The summed E-state index contributed by atoms with van der Waals surface area (Å²) in [6.07, 6.45) is 1.28. The molecule has 1 aliphatic heterocycles. The monoisotopic (exact) mass is 396 g/mol. The number of nitrogens with zero attached hydrogens (tertiary/aromatic N) is 1. The predicted octanol–water partition coefficient (Wildman–Crippen LogP) is 3.81. The van der Waals surface area contributed by atoms with E-state index < -0.39 is 0 Å². The molecule has 1 saturated heterocycles. The SMILES string of the molecule is COc1cc(OC)cc(C(=O)N2CCC(C(=O)Nc3cc(C)cc(C)c3)CC2)c1. The van der Waals surface area contributed by atoms with Crippen molar-refractivity contribution in [3.8, 4) is 11.5 Å². The molecule has 6 heteroatoms. The Labute approximate surface area is 171 Å². The van der Waals surface area contributed by atoms with E-state index in [4.69, 9.17) is 9.47 Å². The maximum atomic E-state index is 12.9. The van der Waals surface area contributed by atoms with E-state index >= 15 is 0 Å². The Balaban J connectivity index is 1.61. The van der Waals surface area contributed by atoms with Crippen LogP contribution in [0.2, 0.25) is 0 Å². The highest BCUT2D eigenvalue weighted by molar-refractivity contribution is 5.96. The molecule has 1 N–H and O–H groups in total. The molecule has 154 valence electrons. The number of hydrogen-bond donors (Lipinski definition) is 1. The van der Waals surface area contributed by atoms with Gasteiger partial charge in [0.1, 0.15) is 11.5 Å². The first-order valence-electron chi connectivity index (χ1n) is 9.81. The number of carbonyl (C=O) groups excluding carboxylic acids is 2. The van der Waals surface area contributed by atoms with Crippen molar-refractivity contribution < 1.29 is 19.1 Å². The number of aryl methyl sites for hydroxylation is 2. The van der Waals surface area contributed by atoms with Crippen LogP contribution in [0, 0.1) is 19.8 Å². The van der Waals surface area contributed by atoms with Crippen molar-refractivity contribution in [1.29, 1.82) is 0 Å². The number of carbonyl (C=O) groups is 2. The molecular weight excluding hydrogens is 368 g/mol. The third kappa shape index (κ3) is 5.08. The van der Waals surface area contributed by atoms with Gasteiger partial charge in [-0.1, -0.05) is 6.07 Å². The minimum Gasteiger partial charge on any atom is -0.497 e. The molecule has 1 heterocycles. The summed E-state index contributed by atoms with van der Waals surface area (Å²) < 4.78 is 10.5. The summed E-state index contributed by atoms with van der Waals surface area (Å²) in [7, 11) is 3.12. The summed E-state index contributed by atoms with van der Waals surface area (Å²) >= 11 is 0. The number of methoxy groups -OCH3 is 2. The quantitative estimate of drug-likeness (QED) is 0.834. The van der Waals surface area contributed by atoms with E-state index in [0.717, 1.165) is 16.8 Å². The van der Waals surface area contributed by atoms with Crippen molar-refractivity contribution in [2.75, 3.05) is 32.6 Å². The summed E-state index contributed by atoms with van der Waals surface area (Å²) in [6, 6.07) is 11.2. The molecule has 2 aromatic carbocycles.